The largest absolute Gasteiger partial charge is 0.539 e. The van der Waals surface area contributed by atoms with E-state index >= 15 is 0 Å². The van der Waals surface area contributed by atoms with Crippen LogP contribution in [-0.2, 0) is 26.8 Å². The van der Waals surface area contributed by atoms with Crippen LogP contribution in [0.1, 0.15) is 174 Å². The Kier molecular flexibility index (Phi) is 18.5. The van der Waals surface area contributed by atoms with Gasteiger partial charge in [-0.2, -0.15) is 0 Å². The van der Waals surface area contributed by atoms with Crippen LogP contribution >= 0.6 is 0 Å². The third-order valence-corrected chi connectivity index (χ3v) is 11.9. The van der Waals surface area contributed by atoms with Gasteiger partial charge in [0.1, 0.15) is 5.75 Å². The first-order valence-electron chi connectivity index (χ1n) is 19.3. The normalized spacial score (nSPS) is 12.4. The smallest absolute Gasteiger partial charge is 0.306 e. The van der Waals surface area contributed by atoms with Crippen LogP contribution in [0, 0.1) is 0 Å². The molecule has 0 heterocycles. The summed E-state index contributed by atoms with van der Waals surface area (Å²) in [6.07, 6.45) is 22.6. The number of hydrogen-bond donors (Lipinski definition) is 0. The van der Waals surface area contributed by atoms with Gasteiger partial charge in [0.15, 0.2) is 0 Å². The number of rotatable bonds is 23. The van der Waals surface area contributed by atoms with Gasteiger partial charge in [0.2, 0.25) is 0 Å². The lowest BCUT2D eigenvalue weighted by atomic mass is 9.78. The minimum Gasteiger partial charge on any atom is -0.539 e. The molecule has 0 spiro atoms. The van der Waals surface area contributed by atoms with E-state index in [-0.39, 0.29) is 16.8 Å². The summed E-state index contributed by atoms with van der Waals surface area (Å²) in [5.74, 6) is 0.943. The standard InChI is InChI=1S/C43H72O3Si/c1-10-11-12-13-14-15-16-17-18-19-20-21-22-23-24-28-33-45-40(44)32-31-36-34-38(42(2,3)4)41(39(35-36)43(5,6)7)46-47(8,9)37-29-26-25-27-30-37/h25-27,29-30,34-35H,10-24,28,31-33H2,1-9H3. The van der Waals surface area contributed by atoms with Gasteiger partial charge in [-0.15, -0.1) is 0 Å². The van der Waals surface area contributed by atoms with E-state index in [0.29, 0.717) is 19.4 Å². The predicted octanol–water partition coefficient (Wildman–Crippen LogP) is 12.5. The average molecular weight is 665 g/mol. The predicted molar refractivity (Wildman–Crippen MR) is 207 cm³/mol. The van der Waals surface area contributed by atoms with Gasteiger partial charge >= 0.3 is 5.97 Å². The summed E-state index contributed by atoms with van der Waals surface area (Å²) in [6, 6.07) is 15.2. The quantitative estimate of drug-likeness (QED) is 0.0674. The van der Waals surface area contributed by atoms with Gasteiger partial charge in [0.05, 0.1) is 6.61 Å². The van der Waals surface area contributed by atoms with Crippen LogP contribution in [-0.4, -0.2) is 20.9 Å². The second-order valence-electron chi connectivity index (χ2n) is 16.5. The van der Waals surface area contributed by atoms with Crippen LogP contribution in [0.15, 0.2) is 42.5 Å². The molecular formula is C43H72O3Si. The summed E-state index contributed by atoms with van der Waals surface area (Å²) >= 11 is 0. The van der Waals surface area contributed by atoms with Crippen LogP contribution in [0.2, 0.25) is 13.1 Å². The van der Waals surface area contributed by atoms with E-state index in [2.05, 4.69) is 104 Å². The zero-order valence-electron chi connectivity index (χ0n) is 32.2. The number of unbranched alkanes of at least 4 members (excludes halogenated alkanes) is 15. The number of aryl methyl sites for hydroxylation is 1. The highest BCUT2D eigenvalue weighted by atomic mass is 28.4. The van der Waals surface area contributed by atoms with Crippen LogP contribution in [0.5, 0.6) is 5.75 Å². The summed E-state index contributed by atoms with van der Waals surface area (Å²) < 4.78 is 12.7. The molecule has 0 N–H and O–H groups in total. The van der Waals surface area contributed by atoms with Crippen LogP contribution in [0.25, 0.3) is 0 Å². The maximum atomic E-state index is 12.7. The molecule has 2 aromatic carbocycles. The minimum atomic E-state index is -2.21. The fourth-order valence-electron chi connectivity index (χ4n) is 6.37. The van der Waals surface area contributed by atoms with Crippen molar-refractivity contribution in [3.63, 3.8) is 0 Å². The molecule has 2 rings (SSSR count). The number of carbonyl (C=O) groups excluding carboxylic acids is 1. The van der Waals surface area contributed by atoms with Crippen molar-refractivity contribution in [2.45, 2.75) is 188 Å². The van der Waals surface area contributed by atoms with E-state index in [0.717, 1.165) is 18.6 Å². The van der Waals surface area contributed by atoms with Gasteiger partial charge in [-0.25, -0.2) is 0 Å². The van der Waals surface area contributed by atoms with Crippen molar-refractivity contribution in [2.75, 3.05) is 6.61 Å². The Morgan fingerprint density at radius 3 is 1.49 bits per heavy atom. The lowest BCUT2D eigenvalue weighted by Gasteiger charge is -2.35. The molecule has 0 aliphatic carbocycles. The maximum Gasteiger partial charge on any atom is 0.306 e. The lowest BCUT2D eigenvalue weighted by Crippen LogP contribution is -2.48. The maximum absolute atomic E-state index is 12.7. The molecule has 0 aliphatic heterocycles. The Hall–Kier alpha value is -2.07. The van der Waals surface area contributed by atoms with E-state index in [1.54, 1.807) is 0 Å². The topological polar surface area (TPSA) is 35.5 Å². The van der Waals surface area contributed by atoms with E-state index in [9.17, 15) is 4.79 Å². The molecule has 0 unspecified atom stereocenters. The fourth-order valence-corrected chi connectivity index (χ4v) is 8.21. The third-order valence-electron chi connectivity index (χ3n) is 9.47. The van der Waals surface area contributed by atoms with Gasteiger partial charge in [-0.05, 0) is 58.6 Å². The fraction of sp³-hybridized carbons (Fsp3) is 0.698. The average Bonchev–Trinajstić information content (AvgIpc) is 3.01. The van der Waals surface area contributed by atoms with Gasteiger partial charge in [0, 0.05) is 6.42 Å². The summed E-state index contributed by atoms with van der Waals surface area (Å²) in [5, 5.41) is 1.29. The van der Waals surface area contributed by atoms with E-state index in [4.69, 9.17) is 9.16 Å². The van der Waals surface area contributed by atoms with Gasteiger partial charge in [-0.1, -0.05) is 187 Å². The van der Waals surface area contributed by atoms with Crippen molar-refractivity contribution >= 4 is 19.5 Å². The van der Waals surface area contributed by atoms with Crippen LogP contribution < -0.4 is 9.61 Å². The Balaban J connectivity index is 1.76. The minimum absolute atomic E-state index is 0.0847. The molecule has 0 aromatic heterocycles. The third kappa shape index (κ3) is 16.3. The van der Waals surface area contributed by atoms with Crippen LogP contribution in [0.4, 0.5) is 0 Å². The van der Waals surface area contributed by atoms with Crippen molar-refractivity contribution in [3.8, 4) is 5.75 Å². The van der Waals surface area contributed by atoms with Gasteiger partial charge < -0.3 is 9.16 Å². The molecule has 0 aliphatic rings. The second kappa shape index (κ2) is 21.1. The molecule has 47 heavy (non-hydrogen) atoms. The molecule has 0 atom stereocenters. The zero-order valence-corrected chi connectivity index (χ0v) is 33.2. The second-order valence-corrected chi connectivity index (χ2v) is 20.3. The van der Waals surface area contributed by atoms with Crippen molar-refractivity contribution in [2.24, 2.45) is 0 Å². The zero-order chi connectivity index (χ0) is 34.8. The van der Waals surface area contributed by atoms with Crippen molar-refractivity contribution in [1.29, 1.82) is 0 Å². The first-order chi connectivity index (χ1) is 22.3. The Labute approximate surface area is 292 Å². The summed E-state index contributed by atoms with van der Waals surface area (Å²) in [5.41, 5.74) is 3.43. The monoisotopic (exact) mass is 665 g/mol. The van der Waals surface area contributed by atoms with Gasteiger partial charge in [-0.3, -0.25) is 4.79 Å². The van der Waals surface area contributed by atoms with Gasteiger partial charge in [0.25, 0.3) is 8.32 Å². The number of ether oxygens (including phenoxy) is 1. The van der Waals surface area contributed by atoms with E-state index < -0.39 is 8.32 Å². The Bertz CT molecular complexity index is 1100. The first-order valence-corrected chi connectivity index (χ1v) is 22.2. The first kappa shape index (κ1) is 41.1. The molecular weight excluding hydrogens is 593 g/mol. The highest BCUT2D eigenvalue weighted by Gasteiger charge is 2.34. The highest BCUT2D eigenvalue weighted by Crippen LogP contribution is 2.42. The van der Waals surface area contributed by atoms with Crippen molar-refractivity contribution in [3.05, 3.63) is 59.2 Å². The van der Waals surface area contributed by atoms with Crippen molar-refractivity contribution in [1.82, 2.24) is 0 Å². The molecule has 3 nitrogen and oxygen atoms in total. The summed E-state index contributed by atoms with van der Waals surface area (Å²) in [7, 11) is -2.21. The Morgan fingerprint density at radius 1 is 0.638 bits per heavy atom. The molecule has 0 bridgehead atoms. The number of hydrogen-bond acceptors (Lipinski definition) is 3. The summed E-state index contributed by atoms with van der Waals surface area (Å²) in [4.78, 5) is 12.7. The van der Waals surface area contributed by atoms with E-state index in [1.165, 1.54) is 112 Å². The molecule has 2 aromatic rings. The Morgan fingerprint density at radius 2 is 1.06 bits per heavy atom. The number of benzene rings is 2. The number of esters is 1. The molecule has 0 fully saturated rings. The molecule has 0 saturated carbocycles. The summed E-state index contributed by atoms with van der Waals surface area (Å²) in [6.45, 7) is 20.9. The molecule has 266 valence electrons. The molecule has 4 heteroatoms. The SMILES string of the molecule is CCCCCCCCCCCCCCCCCCOC(=O)CCc1cc(C(C)(C)C)c(O[Si](C)(C)c2ccccc2)c(C(C)(C)C)c1. The lowest BCUT2D eigenvalue weighted by molar-refractivity contribution is -0.143. The van der Waals surface area contributed by atoms with Crippen LogP contribution in [0.3, 0.4) is 0 Å². The molecule has 0 amide bonds. The molecule has 0 saturated heterocycles. The number of carbonyl (C=O) groups is 1. The highest BCUT2D eigenvalue weighted by molar-refractivity contribution is 6.85. The molecule has 0 radical (unpaired) electrons. The van der Waals surface area contributed by atoms with E-state index in [1.807, 2.05) is 0 Å². The van der Waals surface area contributed by atoms with Crippen molar-refractivity contribution < 1.29 is 14.0 Å².